The van der Waals surface area contributed by atoms with Gasteiger partial charge in [-0.05, 0) is 73.5 Å². The molecule has 0 nitrogen and oxygen atoms in total. The molecule has 0 aromatic heterocycles. The van der Waals surface area contributed by atoms with E-state index in [1.54, 1.807) is 0 Å². The molecule has 6 rings (SSSR count). The van der Waals surface area contributed by atoms with Crippen LogP contribution in [0.2, 0.25) is 0 Å². The van der Waals surface area contributed by atoms with Crippen molar-refractivity contribution in [1.29, 1.82) is 0 Å². The molecule has 0 amide bonds. The van der Waals surface area contributed by atoms with Crippen molar-refractivity contribution in [2.24, 2.45) is 0 Å². The van der Waals surface area contributed by atoms with Gasteiger partial charge in [-0.15, -0.1) is 0 Å². The maximum atomic E-state index is 2.42. The highest BCUT2D eigenvalue weighted by atomic mass is 14.3. The van der Waals surface area contributed by atoms with Gasteiger partial charge in [-0.2, -0.15) is 0 Å². The standard InChI is InChI=1S/C27H18/c1-2-8-19-15-21(14-13-18(19)7-1)26-17-22-16-20-9-3-4-10-23(20)27(22)25-12-6-5-11-24(25)26/h1-15,17H,16H2. The molecule has 0 heterocycles. The molecule has 0 N–H and O–H groups in total. The lowest BCUT2D eigenvalue weighted by molar-refractivity contribution is 1.27. The monoisotopic (exact) mass is 342 g/mol. The van der Waals surface area contributed by atoms with Gasteiger partial charge < -0.3 is 0 Å². The van der Waals surface area contributed by atoms with E-state index in [-0.39, 0.29) is 0 Å². The van der Waals surface area contributed by atoms with Crippen LogP contribution in [0.3, 0.4) is 0 Å². The summed E-state index contributed by atoms with van der Waals surface area (Å²) < 4.78 is 0. The van der Waals surface area contributed by atoms with Gasteiger partial charge in [-0.25, -0.2) is 0 Å². The first-order valence-corrected chi connectivity index (χ1v) is 9.50. The van der Waals surface area contributed by atoms with E-state index in [1.807, 2.05) is 0 Å². The summed E-state index contributed by atoms with van der Waals surface area (Å²) in [5.41, 5.74) is 8.33. The van der Waals surface area contributed by atoms with Gasteiger partial charge in [-0.1, -0.05) is 84.9 Å². The summed E-state index contributed by atoms with van der Waals surface area (Å²) in [6.07, 6.45) is 1.02. The quantitative estimate of drug-likeness (QED) is 0.296. The fraction of sp³-hybridized carbons (Fsp3) is 0.0370. The Morgan fingerprint density at radius 1 is 0.481 bits per heavy atom. The molecule has 0 fully saturated rings. The number of rotatable bonds is 1. The molecule has 0 saturated carbocycles. The van der Waals surface area contributed by atoms with Crippen molar-refractivity contribution in [3.8, 4) is 22.3 Å². The van der Waals surface area contributed by atoms with Crippen molar-refractivity contribution >= 4 is 21.5 Å². The highest BCUT2D eigenvalue weighted by Crippen LogP contribution is 2.44. The van der Waals surface area contributed by atoms with E-state index >= 15 is 0 Å². The molecule has 0 heteroatoms. The average Bonchev–Trinajstić information content (AvgIpc) is 3.11. The molecule has 0 spiro atoms. The fourth-order valence-corrected chi connectivity index (χ4v) is 4.61. The van der Waals surface area contributed by atoms with E-state index in [2.05, 4.69) is 97.1 Å². The molecule has 0 saturated heterocycles. The van der Waals surface area contributed by atoms with Crippen LogP contribution in [0.5, 0.6) is 0 Å². The summed E-state index contributed by atoms with van der Waals surface area (Å²) in [6.45, 7) is 0. The number of fused-ring (bicyclic) bond motifs is 6. The zero-order valence-corrected chi connectivity index (χ0v) is 14.9. The topological polar surface area (TPSA) is 0 Å². The molecule has 27 heavy (non-hydrogen) atoms. The van der Waals surface area contributed by atoms with Crippen molar-refractivity contribution in [1.82, 2.24) is 0 Å². The summed E-state index contributed by atoms with van der Waals surface area (Å²) in [4.78, 5) is 0. The predicted molar refractivity (Wildman–Crippen MR) is 115 cm³/mol. The number of hydrogen-bond acceptors (Lipinski definition) is 0. The highest BCUT2D eigenvalue weighted by molar-refractivity contribution is 6.08. The Kier molecular flexibility index (Phi) is 3.04. The van der Waals surface area contributed by atoms with E-state index < -0.39 is 0 Å². The lowest BCUT2D eigenvalue weighted by Gasteiger charge is -2.13. The zero-order chi connectivity index (χ0) is 17.8. The largest absolute Gasteiger partial charge is 0.0619 e. The van der Waals surface area contributed by atoms with Gasteiger partial charge in [0.2, 0.25) is 0 Å². The molecule has 0 aliphatic heterocycles. The Morgan fingerprint density at radius 2 is 1.22 bits per heavy atom. The lowest BCUT2D eigenvalue weighted by Crippen LogP contribution is -1.88. The van der Waals surface area contributed by atoms with Crippen molar-refractivity contribution in [3.05, 3.63) is 108 Å². The number of benzene rings is 5. The Hall–Kier alpha value is -3.38. The van der Waals surface area contributed by atoms with Crippen molar-refractivity contribution in [2.45, 2.75) is 6.42 Å². The first-order chi connectivity index (χ1) is 13.4. The molecule has 0 bridgehead atoms. The molecule has 5 aromatic rings. The predicted octanol–water partition coefficient (Wildman–Crippen LogP) is 7.23. The van der Waals surface area contributed by atoms with Gasteiger partial charge in [0.1, 0.15) is 0 Å². The smallest absolute Gasteiger partial charge is 0.00130 e. The van der Waals surface area contributed by atoms with E-state index in [0.29, 0.717) is 0 Å². The molecule has 1 aliphatic rings. The van der Waals surface area contributed by atoms with Gasteiger partial charge in [0, 0.05) is 0 Å². The molecule has 0 unspecified atom stereocenters. The SMILES string of the molecule is c1ccc2c(c1)Cc1cc(-c3ccc4ccccc4c3)c3ccccc3c1-2. The Labute approximate surface area is 158 Å². The summed E-state index contributed by atoms with van der Waals surface area (Å²) in [5, 5.41) is 5.29. The van der Waals surface area contributed by atoms with Crippen LogP contribution in [-0.4, -0.2) is 0 Å². The molecular weight excluding hydrogens is 324 g/mol. The normalized spacial score (nSPS) is 12.3. The van der Waals surface area contributed by atoms with Crippen LogP contribution >= 0.6 is 0 Å². The maximum Gasteiger partial charge on any atom is -0.00130 e. The minimum absolute atomic E-state index is 1.02. The molecule has 0 radical (unpaired) electrons. The van der Waals surface area contributed by atoms with E-state index in [1.165, 1.54) is 54.9 Å². The Morgan fingerprint density at radius 3 is 2.15 bits per heavy atom. The fourth-order valence-electron chi connectivity index (χ4n) is 4.61. The third kappa shape index (κ3) is 2.17. The van der Waals surface area contributed by atoms with Gasteiger partial charge in [0.15, 0.2) is 0 Å². The van der Waals surface area contributed by atoms with Crippen LogP contribution in [0, 0.1) is 0 Å². The van der Waals surface area contributed by atoms with Crippen molar-refractivity contribution in [2.75, 3.05) is 0 Å². The van der Waals surface area contributed by atoms with E-state index in [9.17, 15) is 0 Å². The second-order valence-corrected chi connectivity index (χ2v) is 7.40. The second-order valence-electron chi connectivity index (χ2n) is 7.40. The summed E-state index contributed by atoms with van der Waals surface area (Å²) >= 11 is 0. The van der Waals surface area contributed by atoms with Crippen LogP contribution in [0.4, 0.5) is 0 Å². The number of hydrogen-bond donors (Lipinski definition) is 0. The Bertz CT molecular complexity index is 1340. The first kappa shape index (κ1) is 14.8. The minimum Gasteiger partial charge on any atom is -0.0619 e. The summed E-state index contributed by atoms with van der Waals surface area (Å²) in [7, 11) is 0. The van der Waals surface area contributed by atoms with Crippen molar-refractivity contribution in [3.63, 3.8) is 0 Å². The lowest BCUT2D eigenvalue weighted by atomic mass is 9.90. The summed E-state index contributed by atoms with van der Waals surface area (Å²) in [5.74, 6) is 0. The van der Waals surface area contributed by atoms with Crippen LogP contribution < -0.4 is 0 Å². The second kappa shape index (κ2) is 5.56. The van der Waals surface area contributed by atoms with Crippen LogP contribution in [0.15, 0.2) is 97.1 Å². The molecule has 5 aromatic carbocycles. The molecule has 126 valence electrons. The summed E-state index contributed by atoms with van der Waals surface area (Å²) in [6, 6.07) is 35.5. The first-order valence-electron chi connectivity index (χ1n) is 9.50. The molecular formula is C27H18. The molecule has 1 aliphatic carbocycles. The third-order valence-corrected chi connectivity index (χ3v) is 5.85. The Balaban J connectivity index is 1.67. The zero-order valence-electron chi connectivity index (χ0n) is 14.9. The molecule has 0 atom stereocenters. The average molecular weight is 342 g/mol. The third-order valence-electron chi connectivity index (χ3n) is 5.85. The minimum atomic E-state index is 1.02. The van der Waals surface area contributed by atoms with Crippen molar-refractivity contribution < 1.29 is 0 Å². The van der Waals surface area contributed by atoms with Crippen LogP contribution in [-0.2, 0) is 6.42 Å². The van der Waals surface area contributed by atoms with Gasteiger partial charge >= 0.3 is 0 Å². The van der Waals surface area contributed by atoms with Gasteiger partial charge in [0.05, 0.1) is 0 Å². The van der Waals surface area contributed by atoms with E-state index in [4.69, 9.17) is 0 Å². The van der Waals surface area contributed by atoms with Crippen LogP contribution in [0.1, 0.15) is 11.1 Å². The van der Waals surface area contributed by atoms with E-state index in [0.717, 1.165) is 6.42 Å². The van der Waals surface area contributed by atoms with Gasteiger partial charge in [0.25, 0.3) is 0 Å². The maximum absolute atomic E-state index is 2.42. The van der Waals surface area contributed by atoms with Gasteiger partial charge in [-0.3, -0.25) is 0 Å². The van der Waals surface area contributed by atoms with Crippen LogP contribution in [0.25, 0.3) is 43.8 Å². The highest BCUT2D eigenvalue weighted by Gasteiger charge is 2.22.